The minimum Gasteiger partial charge on any atom is -0.307 e. The summed E-state index contributed by atoms with van der Waals surface area (Å²) < 4.78 is 0. The predicted octanol–water partition coefficient (Wildman–Crippen LogP) is 3.54. The van der Waals surface area contributed by atoms with Gasteiger partial charge in [-0.15, -0.1) is 0 Å². The predicted molar refractivity (Wildman–Crippen MR) is 69.5 cm³/mol. The van der Waals surface area contributed by atoms with E-state index in [0.717, 1.165) is 6.42 Å². The molecule has 0 amide bonds. The smallest absolute Gasteiger partial charge is 0.0647 e. The summed E-state index contributed by atoms with van der Waals surface area (Å²) in [6, 6.07) is 8.66. The molecule has 1 unspecified atom stereocenters. The van der Waals surface area contributed by atoms with Crippen molar-refractivity contribution in [3.8, 4) is 0 Å². The third-order valence-electron chi connectivity index (χ3n) is 3.92. The summed E-state index contributed by atoms with van der Waals surface area (Å²) in [7, 11) is 2.06. The molecule has 1 atom stereocenters. The standard InChI is InChI=1S/C15H21N/c1-12-8-4-5-10-14(12)15(16-3)11-7-6-9-13(15)2/h4-5,8,10,16H,2,6-7,9,11H2,1,3H3. The molecule has 1 saturated carbocycles. The van der Waals surface area contributed by atoms with Crippen molar-refractivity contribution in [3.05, 3.63) is 47.5 Å². The Labute approximate surface area is 98.6 Å². The first kappa shape index (κ1) is 11.4. The molecule has 1 aliphatic carbocycles. The first-order chi connectivity index (χ1) is 7.70. The molecule has 2 rings (SSSR count). The second-order valence-corrected chi connectivity index (χ2v) is 4.78. The average molecular weight is 215 g/mol. The topological polar surface area (TPSA) is 12.0 Å². The van der Waals surface area contributed by atoms with Crippen LogP contribution in [0.5, 0.6) is 0 Å². The minimum atomic E-state index is 0.0175. The molecule has 0 bridgehead atoms. The zero-order valence-corrected chi connectivity index (χ0v) is 10.3. The van der Waals surface area contributed by atoms with Gasteiger partial charge in [-0.2, -0.15) is 0 Å². The lowest BCUT2D eigenvalue weighted by Gasteiger charge is -2.40. The van der Waals surface area contributed by atoms with E-state index in [1.807, 2.05) is 0 Å². The Balaban J connectivity index is 2.48. The Hall–Kier alpha value is -1.08. The molecule has 0 aliphatic heterocycles. The lowest BCUT2D eigenvalue weighted by atomic mass is 9.72. The fourth-order valence-electron chi connectivity index (χ4n) is 2.93. The molecule has 86 valence electrons. The fraction of sp³-hybridized carbons (Fsp3) is 0.467. The van der Waals surface area contributed by atoms with Gasteiger partial charge in [-0.05, 0) is 44.4 Å². The lowest BCUT2D eigenvalue weighted by Crippen LogP contribution is -2.43. The fourth-order valence-corrected chi connectivity index (χ4v) is 2.93. The molecule has 0 saturated heterocycles. The molecule has 0 aromatic heterocycles. The van der Waals surface area contributed by atoms with Gasteiger partial charge in [0.05, 0.1) is 5.54 Å². The van der Waals surface area contributed by atoms with E-state index in [0.29, 0.717) is 0 Å². The van der Waals surface area contributed by atoms with Crippen LogP contribution in [0.3, 0.4) is 0 Å². The van der Waals surface area contributed by atoms with Crippen LogP contribution in [0.1, 0.15) is 36.8 Å². The number of nitrogens with one attached hydrogen (secondary N) is 1. The number of hydrogen-bond donors (Lipinski definition) is 1. The molecule has 0 radical (unpaired) electrons. The Kier molecular flexibility index (Phi) is 3.15. The summed E-state index contributed by atoms with van der Waals surface area (Å²) in [5, 5.41) is 3.52. The van der Waals surface area contributed by atoms with Crippen LogP contribution >= 0.6 is 0 Å². The van der Waals surface area contributed by atoms with Crippen molar-refractivity contribution in [1.82, 2.24) is 5.32 Å². The summed E-state index contributed by atoms with van der Waals surface area (Å²) >= 11 is 0. The Morgan fingerprint density at radius 2 is 2.00 bits per heavy atom. The number of aryl methyl sites for hydroxylation is 1. The number of rotatable bonds is 2. The van der Waals surface area contributed by atoms with E-state index in [9.17, 15) is 0 Å². The molecular weight excluding hydrogens is 194 g/mol. The van der Waals surface area contributed by atoms with Crippen molar-refractivity contribution in [2.75, 3.05) is 7.05 Å². The molecule has 1 heteroatoms. The van der Waals surface area contributed by atoms with Crippen LogP contribution in [0.25, 0.3) is 0 Å². The molecule has 1 nitrogen and oxygen atoms in total. The monoisotopic (exact) mass is 215 g/mol. The highest BCUT2D eigenvalue weighted by molar-refractivity contribution is 5.40. The second-order valence-electron chi connectivity index (χ2n) is 4.78. The van der Waals surface area contributed by atoms with Crippen LogP contribution in [0.4, 0.5) is 0 Å². The highest BCUT2D eigenvalue weighted by Crippen LogP contribution is 2.41. The van der Waals surface area contributed by atoms with Crippen LogP contribution in [-0.4, -0.2) is 7.05 Å². The van der Waals surface area contributed by atoms with Crippen molar-refractivity contribution >= 4 is 0 Å². The highest BCUT2D eigenvalue weighted by atomic mass is 14.9. The Morgan fingerprint density at radius 3 is 2.62 bits per heavy atom. The van der Waals surface area contributed by atoms with Gasteiger partial charge in [-0.3, -0.25) is 0 Å². The molecule has 16 heavy (non-hydrogen) atoms. The quantitative estimate of drug-likeness (QED) is 0.744. The summed E-state index contributed by atoms with van der Waals surface area (Å²) in [6.07, 6.45) is 4.89. The van der Waals surface area contributed by atoms with E-state index in [2.05, 4.69) is 50.1 Å². The van der Waals surface area contributed by atoms with Crippen LogP contribution in [0.2, 0.25) is 0 Å². The highest BCUT2D eigenvalue weighted by Gasteiger charge is 2.36. The maximum atomic E-state index is 4.29. The summed E-state index contributed by atoms with van der Waals surface area (Å²) in [5.74, 6) is 0. The first-order valence-electron chi connectivity index (χ1n) is 6.14. The molecule has 1 aromatic carbocycles. The van der Waals surface area contributed by atoms with Gasteiger partial charge >= 0.3 is 0 Å². The second kappa shape index (κ2) is 4.42. The van der Waals surface area contributed by atoms with E-state index in [1.54, 1.807) is 0 Å². The summed E-state index contributed by atoms with van der Waals surface area (Å²) in [5.41, 5.74) is 4.13. The Morgan fingerprint density at radius 1 is 1.25 bits per heavy atom. The van der Waals surface area contributed by atoms with Gasteiger partial charge in [-0.25, -0.2) is 0 Å². The Bertz CT molecular complexity index is 394. The first-order valence-corrected chi connectivity index (χ1v) is 6.14. The van der Waals surface area contributed by atoms with Gasteiger partial charge < -0.3 is 5.32 Å². The van der Waals surface area contributed by atoms with E-state index in [4.69, 9.17) is 0 Å². The van der Waals surface area contributed by atoms with E-state index in [-0.39, 0.29) is 5.54 Å². The van der Waals surface area contributed by atoms with Crippen LogP contribution in [0, 0.1) is 6.92 Å². The maximum absolute atomic E-state index is 4.29. The van der Waals surface area contributed by atoms with Crippen LogP contribution in [0.15, 0.2) is 36.4 Å². The van der Waals surface area contributed by atoms with Crippen LogP contribution in [-0.2, 0) is 5.54 Å². The van der Waals surface area contributed by atoms with Gasteiger partial charge in [-0.1, -0.05) is 42.8 Å². The molecular formula is C15H21N. The molecule has 1 aliphatic rings. The zero-order chi connectivity index (χ0) is 11.6. The minimum absolute atomic E-state index is 0.0175. The molecule has 0 spiro atoms. The van der Waals surface area contributed by atoms with Gasteiger partial charge in [0, 0.05) is 0 Å². The van der Waals surface area contributed by atoms with E-state index >= 15 is 0 Å². The van der Waals surface area contributed by atoms with Crippen LogP contribution < -0.4 is 5.32 Å². The third-order valence-corrected chi connectivity index (χ3v) is 3.92. The lowest BCUT2D eigenvalue weighted by molar-refractivity contribution is 0.333. The third kappa shape index (κ3) is 1.69. The number of likely N-dealkylation sites (N-methyl/N-ethyl adjacent to an activating group) is 1. The van der Waals surface area contributed by atoms with Crippen molar-refractivity contribution in [2.45, 2.75) is 38.1 Å². The number of hydrogen-bond acceptors (Lipinski definition) is 1. The van der Waals surface area contributed by atoms with Crippen molar-refractivity contribution in [2.24, 2.45) is 0 Å². The van der Waals surface area contributed by atoms with Gasteiger partial charge in [0.15, 0.2) is 0 Å². The molecule has 0 heterocycles. The van der Waals surface area contributed by atoms with E-state index in [1.165, 1.54) is 36.0 Å². The maximum Gasteiger partial charge on any atom is 0.0647 e. The van der Waals surface area contributed by atoms with Gasteiger partial charge in [0.25, 0.3) is 0 Å². The molecule has 1 fully saturated rings. The zero-order valence-electron chi connectivity index (χ0n) is 10.3. The normalized spacial score (nSPS) is 25.8. The van der Waals surface area contributed by atoms with Crippen molar-refractivity contribution in [3.63, 3.8) is 0 Å². The largest absolute Gasteiger partial charge is 0.307 e. The molecule has 1 aromatic rings. The SMILES string of the molecule is C=C1CCCCC1(NC)c1ccccc1C. The summed E-state index contributed by atoms with van der Waals surface area (Å²) in [4.78, 5) is 0. The average Bonchev–Trinajstić information content (AvgIpc) is 2.31. The van der Waals surface area contributed by atoms with E-state index < -0.39 is 0 Å². The van der Waals surface area contributed by atoms with Gasteiger partial charge in [0.1, 0.15) is 0 Å². The van der Waals surface area contributed by atoms with Crippen molar-refractivity contribution < 1.29 is 0 Å². The van der Waals surface area contributed by atoms with Gasteiger partial charge in [0.2, 0.25) is 0 Å². The summed E-state index contributed by atoms with van der Waals surface area (Å²) in [6.45, 7) is 6.48. The van der Waals surface area contributed by atoms with Crippen molar-refractivity contribution in [1.29, 1.82) is 0 Å². The molecule has 1 N–H and O–H groups in total. The number of benzene rings is 1.